The highest BCUT2D eigenvalue weighted by Crippen LogP contribution is 2.64. The summed E-state index contributed by atoms with van der Waals surface area (Å²) in [5.74, 6) is -5.02. The summed E-state index contributed by atoms with van der Waals surface area (Å²) in [7, 11) is 2.92. The van der Waals surface area contributed by atoms with Gasteiger partial charge in [0.15, 0.2) is 0 Å². The Morgan fingerprint density at radius 2 is 1.79 bits per heavy atom. The number of ether oxygens (including phenoxy) is 1. The number of benzene rings is 2. The minimum absolute atomic E-state index is 0.0306. The number of amides is 4. The van der Waals surface area contributed by atoms with Crippen molar-refractivity contribution < 1.29 is 33.4 Å². The van der Waals surface area contributed by atoms with Crippen LogP contribution in [0.5, 0.6) is 11.5 Å². The lowest BCUT2D eigenvalue weighted by Gasteiger charge is -2.49. The average molecular weight is 553 g/mol. The van der Waals surface area contributed by atoms with Crippen molar-refractivity contribution in [2.75, 3.05) is 19.1 Å². The number of carbonyl (C=O) groups is 4. The number of hydrogen-bond donors (Lipinski definition) is 1. The fourth-order valence-electron chi connectivity index (χ4n) is 7.33. The van der Waals surface area contributed by atoms with Crippen molar-refractivity contribution >= 4 is 40.9 Å². The Bertz CT molecular complexity index is 1510. The van der Waals surface area contributed by atoms with Crippen LogP contribution in [0.25, 0.3) is 0 Å². The minimum Gasteiger partial charge on any atom is -0.508 e. The number of phenols is 1. The zero-order valence-electron chi connectivity index (χ0n) is 21.5. The van der Waals surface area contributed by atoms with Gasteiger partial charge in [-0.15, -0.1) is 0 Å². The minimum atomic E-state index is -1.30. The molecule has 3 fully saturated rings. The number of carbonyl (C=O) groups excluding carboxylic acids is 4. The highest BCUT2D eigenvalue weighted by atomic mass is 35.5. The van der Waals surface area contributed by atoms with E-state index in [1.165, 1.54) is 38.4 Å². The summed E-state index contributed by atoms with van der Waals surface area (Å²) in [5, 5.41) is 9.93. The van der Waals surface area contributed by atoms with Crippen LogP contribution in [0.3, 0.4) is 0 Å². The molecule has 0 spiro atoms. The van der Waals surface area contributed by atoms with Crippen molar-refractivity contribution in [3.8, 4) is 11.5 Å². The number of fused-ring (bicyclic) bond motifs is 4. The van der Waals surface area contributed by atoms with E-state index >= 15 is 0 Å². The molecule has 39 heavy (non-hydrogen) atoms. The van der Waals surface area contributed by atoms with E-state index in [1.54, 1.807) is 13.0 Å². The van der Waals surface area contributed by atoms with Gasteiger partial charge in [0.25, 0.3) is 0 Å². The Morgan fingerprint density at radius 1 is 1.05 bits per heavy atom. The van der Waals surface area contributed by atoms with Crippen LogP contribution in [0.15, 0.2) is 48.0 Å². The Kier molecular flexibility index (Phi) is 5.66. The van der Waals surface area contributed by atoms with Crippen LogP contribution >= 0.6 is 11.6 Å². The molecule has 6 rings (SSSR count). The Morgan fingerprint density at radius 3 is 2.49 bits per heavy atom. The molecule has 6 atom stereocenters. The molecule has 4 aliphatic rings. The van der Waals surface area contributed by atoms with Crippen LogP contribution in [0.1, 0.15) is 31.2 Å². The van der Waals surface area contributed by atoms with Gasteiger partial charge < -0.3 is 9.84 Å². The number of rotatable bonds is 3. The number of halogens is 2. The lowest BCUT2D eigenvalue weighted by atomic mass is 9.51. The normalized spacial score (nSPS) is 31.7. The van der Waals surface area contributed by atoms with E-state index in [2.05, 4.69) is 0 Å². The largest absolute Gasteiger partial charge is 0.508 e. The first-order valence-electron chi connectivity index (χ1n) is 12.7. The van der Waals surface area contributed by atoms with Gasteiger partial charge in [-0.2, -0.15) is 0 Å². The van der Waals surface area contributed by atoms with Crippen LogP contribution in [-0.2, 0) is 19.2 Å². The molecule has 0 aromatic heterocycles. The summed E-state index contributed by atoms with van der Waals surface area (Å²) in [6.45, 7) is 1.73. The van der Waals surface area contributed by atoms with Crippen LogP contribution in [-0.4, -0.2) is 47.8 Å². The molecule has 2 aliphatic heterocycles. The van der Waals surface area contributed by atoms with Crippen molar-refractivity contribution in [2.24, 2.45) is 29.1 Å². The summed E-state index contributed by atoms with van der Waals surface area (Å²) < 4.78 is 19.6. The monoisotopic (exact) mass is 552 g/mol. The predicted octanol–water partition coefficient (Wildman–Crippen LogP) is 4.05. The summed E-state index contributed by atoms with van der Waals surface area (Å²) in [5.41, 5.74) is 0.248. The zero-order valence-corrected chi connectivity index (χ0v) is 22.2. The van der Waals surface area contributed by atoms with Crippen molar-refractivity contribution in [2.45, 2.75) is 25.7 Å². The van der Waals surface area contributed by atoms with Gasteiger partial charge in [-0.3, -0.25) is 24.1 Å². The maximum atomic E-state index is 14.3. The van der Waals surface area contributed by atoms with E-state index in [0.717, 1.165) is 21.4 Å². The molecule has 1 saturated carbocycles. The summed E-state index contributed by atoms with van der Waals surface area (Å²) in [4.78, 5) is 56.7. The molecular weight excluding hydrogens is 527 g/mol. The summed E-state index contributed by atoms with van der Waals surface area (Å²) in [6, 6.07) is 8.29. The van der Waals surface area contributed by atoms with Gasteiger partial charge in [0.1, 0.15) is 17.3 Å². The summed E-state index contributed by atoms with van der Waals surface area (Å²) >= 11 is 6.01. The van der Waals surface area contributed by atoms with Crippen LogP contribution in [0.2, 0.25) is 5.02 Å². The van der Waals surface area contributed by atoms with Crippen molar-refractivity contribution in [1.29, 1.82) is 0 Å². The van der Waals surface area contributed by atoms with Gasteiger partial charge in [-0.05, 0) is 49.9 Å². The Balaban J connectivity index is 1.56. The molecule has 0 radical (unpaired) electrons. The molecule has 2 saturated heterocycles. The molecule has 2 heterocycles. The Hall–Kier alpha value is -3.72. The molecule has 2 aromatic rings. The lowest BCUT2D eigenvalue weighted by molar-refractivity contribution is -0.138. The number of phenolic OH excluding ortho intramolecular Hbond substituents is 1. The zero-order chi connectivity index (χ0) is 28.0. The average Bonchev–Trinajstić information content (AvgIpc) is 3.25. The first-order valence-corrected chi connectivity index (χ1v) is 13.1. The molecular formula is C29H26ClFN2O6. The molecule has 4 amide bonds. The van der Waals surface area contributed by atoms with Crippen LogP contribution < -0.4 is 9.64 Å². The number of aromatic hydroxyl groups is 1. The smallest absolute Gasteiger partial charge is 0.241 e. The highest BCUT2D eigenvalue weighted by Gasteiger charge is 2.67. The number of hydrogen-bond acceptors (Lipinski definition) is 6. The standard InChI is InChI=1S/C29H26ClFN2O6/c1-29-19(26(36)33(28(29)38)13-4-9-21(31)20(30)10-13)12-18-15(7-8-17-23(18)27(37)32(2)25(17)35)24(29)16-6-5-14(34)11-22(16)39-3/h4-7,9-11,17-19,23-24,34H,8,12H2,1-3H3. The molecule has 1 N–H and O–H groups in total. The maximum Gasteiger partial charge on any atom is 0.241 e. The first kappa shape index (κ1) is 25.6. The van der Waals surface area contributed by atoms with E-state index < -0.39 is 52.6 Å². The third-order valence-electron chi connectivity index (χ3n) is 9.18. The van der Waals surface area contributed by atoms with Gasteiger partial charge in [-0.25, -0.2) is 9.29 Å². The van der Waals surface area contributed by atoms with Gasteiger partial charge in [0.2, 0.25) is 23.6 Å². The van der Waals surface area contributed by atoms with Crippen LogP contribution in [0.4, 0.5) is 10.1 Å². The van der Waals surface area contributed by atoms with Gasteiger partial charge in [-0.1, -0.05) is 29.3 Å². The van der Waals surface area contributed by atoms with E-state index in [9.17, 15) is 28.7 Å². The first-order chi connectivity index (χ1) is 18.5. The second kappa shape index (κ2) is 8.64. The van der Waals surface area contributed by atoms with E-state index in [1.807, 2.05) is 6.08 Å². The van der Waals surface area contributed by atoms with Gasteiger partial charge >= 0.3 is 0 Å². The number of imide groups is 2. The predicted molar refractivity (Wildman–Crippen MR) is 138 cm³/mol. The SMILES string of the molecule is COc1cc(O)ccc1C1C2=CCC3C(=O)N(C)C(=O)C3C2CC2C(=O)N(c3ccc(F)c(Cl)c3)C(=O)C21C. The summed E-state index contributed by atoms with van der Waals surface area (Å²) in [6.07, 6.45) is 2.47. The third-order valence-corrected chi connectivity index (χ3v) is 9.47. The van der Waals surface area contributed by atoms with Gasteiger partial charge in [0, 0.05) is 24.6 Å². The topological polar surface area (TPSA) is 104 Å². The number of likely N-dealkylation sites (tertiary alicyclic amines) is 1. The number of allylic oxidation sites excluding steroid dienone is 2. The van der Waals surface area contributed by atoms with Gasteiger partial charge in [0.05, 0.1) is 41.0 Å². The quantitative estimate of drug-likeness (QED) is 0.455. The molecule has 0 bridgehead atoms. The number of methoxy groups -OCH3 is 1. The van der Waals surface area contributed by atoms with E-state index in [-0.39, 0.29) is 34.7 Å². The third kappa shape index (κ3) is 3.35. The van der Waals surface area contributed by atoms with Crippen molar-refractivity contribution in [3.05, 3.63) is 64.5 Å². The number of anilines is 1. The fourth-order valence-corrected chi connectivity index (χ4v) is 7.50. The van der Waals surface area contributed by atoms with E-state index in [4.69, 9.17) is 16.3 Å². The molecule has 202 valence electrons. The fraction of sp³-hybridized carbons (Fsp3) is 0.379. The molecule has 2 aliphatic carbocycles. The molecule has 6 unspecified atom stereocenters. The molecule has 8 nitrogen and oxygen atoms in total. The molecule has 2 aromatic carbocycles. The van der Waals surface area contributed by atoms with Crippen molar-refractivity contribution in [1.82, 2.24) is 4.90 Å². The lowest BCUT2D eigenvalue weighted by Crippen LogP contribution is -2.48. The maximum absolute atomic E-state index is 14.3. The second-order valence-corrected chi connectivity index (χ2v) is 11.3. The number of nitrogens with zero attached hydrogens (tertiary/aromatic N) is 2. The highest BCUT2D eigenvalue weighted by molar-refractivity contribution is 6.31. The van der Waals surface area contributed by atoms with Crippen LogP contribution in [0, 0.1) is 34.9 Å². The van der Waals surface area contributed by atoms with E-state index in [0.29, 0.717) is 17.7 Å². The molecule has 10 heteroatoms. The Labute approximate surface area is 229 Å². The van der Waals surface area contributed by atoms with Crippen molar-refractivity contribution in [3.63, 3.8) is 0 Å². The second-order valence-electron chi connectivity index (χ2n) is 10.9.